The predicted octanol–water partition coefficient (Wildman–Crippen LogP) is 7.78. The number of pyridine rings is 1. The van der Waals surface area contributed by atoms with Gasteiger partial charge in [-0.05, 0) is 58.1 Å². The number of aromatic nitrogens is 3. The molecule has 242 valence electrons. The van der Waals surface area contributed by atoms with Gasteiger partial charge in [0.1, 0.15) is 17.0 Å². The summed E-state index contributed by atoms with van der Waals surface area (Å²) in [5.74, 6) is -1.80. The first-order valence-corrected chi connectivity index (χ1v) is 13.6. The van der Waals surface area contributed by atoms with E-state index in [1.807, 2.05) is 0 Å². The summed E-state index contributed by atoms with van der Waals surface area (Å²) in [6.45, 7) is 4.03. The minimum atomic E-state index is -5.09. The van der Waals surface area contributed by atoms with Gasteiger partial charge in [-0.1, -0.05) is 47.6 Å². The van der Waals surface area contributed by atoms with Crippen LogP contribution in [-0.4, -0.2) is 44.0 Å². The number of alkyl halides is 6. The summed E-state index contributed by atoms with van der Waals surface area (Å²) in [5.41, 5.74) is -7.82. The van der Waals surface area contributed by atoms with E-state index in [9.17, 15) is 36.3 Å². The maximum Gasteiger partial charge on any atom is 0.426 e. The van der Waals surface area contributed by atoms with Gasteiger partial charge in [-0.15, -0.1) is 10.2 Å². The van der Waals surface area contributed by atoms with Crippen LogP contribution in [0.15, 0.2) is 58.1 Å². The molecule has 4 rings (SSSR count). The molecule has 3 heterocycles. The molecule has 45 heavy (non-hydrogen) atoms. The Balaban J connectivity index is 1.94. The van der Waals surface area contributed by atoms with Gasteiger partial charge in [0.2, 0.25) is 5.60 Å². The highest BCUT2D eigenvalue weighted by atomic mass is 19.4. The van der Waals surface area contributed by atoms with Crippen molar-refractivity contribution in [2.24, 2.45) is 5.16 Å². The number of rotatable bonds is 4. The monoisotopic (exact) mass is 641 g/mol. The Hall–Kier alpha value is -4.47. The van der Waals surface area contributed by atoms with Crippen molar-refractivity contribution >= 4 is 17.5 Å². The second-order valence-electron chi connectivity index (χ2n) is 11.0. The van der Waals surface area contributed by atoms with Gasteiger partial charge < -0.3 is 19.1 Å². The Bertz CT molecular complexity index is 1560. The molecule has 16 heteroatoms. The number of oxime groups is 1. The Kier molecular flexibility index (Phi) is 9.56. The number of benzene rings is 1. The molecular formula is C29H29F6N5O5. The third-order valence-electron chi connectivity index (χ3n) is 6.49. The summed E-state index contributed by atoms with van der Waals surface area (Å²) < 4.78 is 104. The normalized spacial score (nSPS) is 19.5. The first kappa shape index (κ1) is 33.4. The number of fused-ring (bicyclic) bond motifs is 5. The Labute approximate surface area is 253 Å². The van der Waals surface area contributed by atoms with E-state index in [0.717, 1.165) is 0 Å². The minimum absolute atomic E-state index is 0.00605. The van der Waals surface area contributed by atoms with Gasteiger partial charge in [0.25, 0.3) is 11.8 Å². The van der Waals surface area contributed by atoms with E-state index >= 15 is 0 Å². The van der Waals surface area contributed by atoms with Crippen molar-refractivity contribution in [3.63, 3.8) is 0 Å². The van der Waals surface area contributed by atoms with E-state index in [-0.39, 0.29) is 19.3 Å². The van der Waals surface area contributed by atoms with Crippen LogP contribution >= 0.6 is 0 Å². The largest absolute Gasteiger partial charge is 0.444 e. The number of allylic oxidation sites excluding steroid dienone is 2. The molecule has 2 N–H and O–H groups in total. The van der Waals surface area contributed by atoms with Crippen LogP contribution in [0.4, 0.5) is 36.8 Å². The summed E-state index contributed by atoms with van der Waals surface area (Å²) in [6.07, 6.45) is -9.72. The lowest BCUT2D eigenvalue weighted by molar-refractivity contribution is -0.299. The minimum Gasteiger partial charge on any atom is -0.444 e. The molecule has 4 bridgehead atoms. The summed E-state index contributed by atoms with van der Waals surface area (Å²) in [7, 11) is 0. The van der Waals surface area contributed by atoms with E-state index in [0.29, 0.717) is 11.6 Å². The lowest BCUT2D eigenvalue weighted by atomic mass is 9.95. The fourth-order valence-electron chi connectivity index (χ4n) is 4.43. The van der Waals surface area contributed by atoms with Crippen molar-refractivity contribution in [1.82, 2.24) is 15.2 Å². The van der Waals surface area contributed by atoms with E-state index in [1.165, 1.54) is 32.9 Å². The molecule has 1 aromatic carbocycles. The molecule has 10 nitrogen and oxygen atoms in total. The van der Waals surface area contributed by atoms with Gasteiger partial charge >= 0.3 is 18.4 Å². The number of carbonyl (C=O) groups is 1. The summed E-state index contributed by atoms with van der Waals surface area (Å²) >= 11 is 0. The molecule has 1 atom stereocenters. The number of hydrogen-bond acceptors (Lipinski definition) is 9. The van der Waals surface area contributed by atoms with Crippen molar-refractivity contribution in [3.8, 4) is 11.6 Å². The summed E-state index contributed by atoms with van der Waals surface area (Å²) in [5, 5.41) is 22.1. The number of halogens is 6. The van der Waals surface area contributed by atoms with E-state index in [4.69, 9.17) is 13.9 Å². The molecule has 3 aromatic rings. The molecule has 0 saturated carbocycles. The smallest absolute Gasteiger partial charge is 0.426 e. The van der Waals surface area contributed by atoms with E-state index in [2.05, 4.69) is 25.7 Å². The number of amides is 1. The maximum absolute atomic E-state index is 14.9. The lowest BCUT2D eigenvalue weighted by Gasteiger charge is -2.32. The van der Waals surface area contributed by atoms with Crippen molar-refractivity contribution in [1.29, 1.82) is 0 Å². The second-order valence-corrected chi connectivity index (χ2v) is 11.0. The Morgan fingerprint density at radius 2 is 1.73 bits per heavy atom. The molecule has 0 radical (unpaired) electrons. The van der Waals surface area contributed by atoms with Crippen LogP contribution in [0, 0.1) is 0 Å². The number of carbonyl (C=O) groups excluding carboxylic acids is 1. The predicted molar refractivity (Wildman–Crippen MR) is 147 cm³/mol. The number of ether oxygens (including phenoxy) is 2. The average Bonchev–Trinajstić information content (AvgIpc) is 3.42. The van der Waals surface area contributed by atoms with Crippen molar-refractivity contribution in [3.05, 3.63) is 71.3 Å². The molecular weight excluding hydrogens is 612 g/mol. The van der Waals surface area contributed by atoms with Gasteiger partial charge in [-0.2, -0.15) is 26.3 Å². The molecule has 1 unspecified atom stereocenters. The Morgan fingerprint density at radius 1 is 1.04 bits per heavy atom. The highest BCUT2D eigenvalue weighted by Crippen LogP contribution is 2.47. The van der Waals surface area contributed by atoms with Crippen LogP contribution in [0.3, 0.4) is 0 Å². The third kappa shape index (κ3) is 7.79. The van der Waals surface area contributed by atoms with Crippen LogP contribution in [-0.2, 0) is 27.9 Å². The van der Waals surface area contributed by atoms with Crippen LogP contribution < -0.4 is 5.32 Å². The fourth-order valence-corrected chi connectivity index (χ4v) is 4.43. The lowest BCUT2D eigenvalue weighted by Crippen LogP contribution is -2.45. The van der Waals surface area contributed by atoms with Crippen LogP contribution in [0.1, 0.15) is 69.2 Å². The van der Waals surface area contributed by atoms with E-state index < -0.39 is 82.8 Å². The third-order valence-corrected chi connectivity index (χ3v) is 6.49. The van der Waals surface area contributed by atoms with Crippen LogP contribution in [0.25, 0.3) is 11.6 Å². The first-order valence-electron chi connectivity index (χ1n) is 13.6. The van der Waals surface area contributed by atoms with Gasteiger partial charge in [-0.3, -0.25) is 5.32 Å². The molecule has 0 saturated heterocycles. The maximum atomic E-state index is 14.9. The average molecular weight is 642 g/mol. The molecule has 0 fully saturated rings. The van der Waals surface area contributed by atoms with Gasteiger partial charge in [-0.25, -0.2) is 9.78 Å². The topological polar surface area (TPSA) is 132 Å². The standard InChI is InChI=1S/C29H29F6N5O5/c1-26(2,3)45-25(41)36-20-15-18(28(30,31)32)21-19(40-42)13-9-4-5-10-14-27(29(33,34)35,43-16-17-11-7-6-8-12-17)24-39-38-23(44-24)22(20)37-21/h4-8,11-12,15,42H,9-10,13-14,16H2,1-3H3,(H,36,41)/b5-4-,40-19-. The van der Waals surface area contributed by atoms with Gasteiger partial charge in [0.05, 0.1) is 17.9 Å². The number of hydrogen-bond donors (Lipinski definition) is 2. The summed E-state index contributed by atoms with van der Waals surface area (Å²) in [6, 6.07) is 8.53. The highest BCUT2D eigenvalue weighted by Gasteiger charge is 2.61. The number of nitrogens with zero attached hydrogens (tertiary/aromatic N) is 4. The zero-order valence-corrected chi connectivity index (χ0v) is 24.3. The Morgan fingerprint density at radius 3 is 2.36 bits per heavy atom. The van der Waals surface area contributed by atoms with Crippen molar-refractivity contribution in [2.45, 2.75) is 76.6 Å². The zero-order chi connectivity index (χ0) is 33.0. The zero-order valence-electron chi connectivity index (χ0n) is 24.3. The molecule has 0 aliphatic carbocycles. The first-order chi connectivity index (χ1) is 21.0. The second kappa shape index (κ2) is 12.9. The molecule has 1 aliphatic rings. The van der Waals surface area contributed by atoms with Crippen LogP contribution in [0.2, 0.25) is 0 Å². The van der Waals surface area contributed by atoms with Gasteiger partial charge in [0.15, 0.2) is 5.69 Å². The van der Waals surface area contributed by atoms with Gasteiger partial charge in [0, 0.05) is 0 Å². The molecule has 1 aliphatic heterocycles. The summed E-state index contributed by atoms with van der Waals surface area (Å²) in [4.78, 5) is 16.6. The number of anilines is 1. The van der Waals surface area contributed by atoms with Crippen molar-refractivity contribution in [2.75, 3.05) is 5.32 Å². The molecule has 2 aromatic heterocycles. The van der Waals surface area contributed by atoms with E-state index in [1.54, 1.807) is 30.3 Å². The SMILES string of the molecule is CC(C)(C)OC(=O)Nc1cc(C(F)(F)F)c2nc1-c1nnc(o1)C(OCc1ccccc1)(C(F)(F)F)CC/C=C\CC/C2=N/O. The quantitative estimate of drug-likeness (QED) is 0.128. The fraction of sp³-hybridized carbons (Fsp3) is 0.414. The van der Waals surface area contributed by atoms with Crippen molar-refractivity contribution < 1.29 is 50.2 Å². The number of nitrogens with one attached hydrogen (secondary N) is 1. The molecule has 1 amide bonds. The van der Waals surface area contributed by atoms with Crippen LogP contribution in [0.5, 0.6) is 0 Å². The molecule has 0 spiro atoms. The highest BCUT2D eigenvalue weighted by molar-refractivity contribution is 6.01.